The van der Waals surface area contributed by atoms with E-state index in [0.29, 0.717) is 30.2 Å². The zero-order valence-electron chi connectivity index (χ0n) is 17.6. The predicted octanol–water partition coefficient (Wildman–Crippen LogP) is 7.53. The normalized spacial score (nSPS) is 18.9. The molecule has 33 heavy (non-hydrogen) atoms. The molecule has 0 N–H and O–H groups in total. The number of halogens is 6. The standard InChI is InChI=1S/C25H20F6O2/c1-14-2-9-23(32-13-14)16-5-3-15(4-6-16)17-10-21(28)24(22(29)11-17)25(30,31)33-18-7-8-19(26)20(27)12-18/h3-8,10-12,14,23H,2,9,13H2,1H3. The molecule has 1 aliphatic heterocycles. The van der Waals surface area contributed by atoms with E-state index in [9.17, 15) is 26.3 Å². The van der Waals surface area contributed by atoms with Gasteiger partial charge in [-0.05, 0) is 59.7 Å². The monoisotopic (exact) mass is 466 g/mol. The molecule has 174 valence electrons. The highest BCUT2D eigenvalue weighted by atomic mass is 19.3. The fourth-order valence-corrected chi connectivity index (χ4v) is 3.79. The van der Waals surface area contributed by atoms with Crippen LogP contribution in [-0.4, -0.2) is 6.61 Å². The molecule has 0 amide bonds. The summed E-state index contributed by atoms with van der Waals surface area (Å²) >= 11 is 0. The molecule has 0 aliphatic carbocycles. The molecule has 3 aromatic rings. The first-order chi connectivity index (χ1) is 15.6. The zero-order valence-corrected chi connectivity index (χ0v) is 17.6. The van der Waals surface area contributed by atoms with Crippen LogP contribution < -0.4 is 4.74 Å². The Hall–Kier alpha value is -3.00. The zero-order chi connectivity index (χ0) is 23.8. The van der Waals surface area contributed by atoms with Gasteiger partial charge in [0.25, 0.3) is 0 Å². The first-order valence-corrected chi connectivity index (χ1v) is 10.4. The van der Waals surface area contributed by atoms with Crippen molar-refractivity contribution >= 4 is 0 Å². The maximum absolute atomic E-state index is 14.6. The van der Waals surface area contributed by atoms with Gasteiger partial charge >= 0.3 is 6.11 Å². The lowest BCUT2D eigenvalue weighted by Gasteiger charge is -2.27. The van der Waals surface area contributed by atoms with E-state index < -0.39 is 40.7 Å². The van der Waals surface area contributed by atoms with Crippen molar-refractivity contribution < 1.29 is 35.8 Å². The number of hydrogen-bond acceptors (Lipinski definition) is 2. The number of ether oxygens (including phenoxy) is 2. The number of benzene rings is 3. The van der Waals surface area contributed by atoms with Crippen molar-refractivity contribution in [1.29, 1.82) is 0 Å². The molecular formula is C25H20F6O2. The highest BCUT2D eigenvalue weighted by Gasteiger charge is 2.41. The van der Waals surface area contributed by atoms with Crippen LogP contribution in [0.5, 0.6) is 5.75 Å². The van der Waals surface area contributed by atoms with Crippen molar-refractivity contribution in [3.8, 4) is 16.9 Å². The van der Waals surface area contributed by atoms with E-state index in [4.69, 9.17) is 4.74 Å². The van der Waals surface area contributed by atoms with E-state index in [-0.39, 0.29) is 11.7 Å². The van der Waals surface area contributed by atoms with E-state index in [1.165, 1.54) is 0 Å². The number of rotatable bonds is 5. The highest BCUT2D eigenvalue weighted by Crippen LogP contribution is 2.38. The summed E-state index contributed by atoms with van der Waals surface area (Å²) in [5.41, 5.74) is -0.216. The van der Waals surface area contributed by atoms with Gasteiger partial charge in [-0.1, -0.05) is 31.2 Å². The Morgan fingerprint density at radius 2 is 1.45 bits per heavy atom. The molecule has 0 bridgehead atoms. The lowest BCUT2D eigenvalue weighted by Crippen LogP contribution is -2.25. The van der Waals surface area contributed by atoms with Crippen LogP contribution in [0.25, 0.3) is 11.1 Å². The molecule has 1 heterocycles. The molecule has 8 heteroatoms. The van der Waals surface area contributed by atoms with E-state index >= 15 is 0 Å². The van der Waals surface area contributed by atoms with Crippen molar-refractivity contribution in [1.82, 2.24) is 0 Å². The quantitative estimate of drug-likeness (QED) is 0.362. The van der Waals surface area contributed by atoms with Crippen LogP contribution >= 0.6 is 0 Å². The van der Waals surface area contributed by atoms with Crippen LogP contribution in [0.1, 0.15) is 37.0 Å². The van der Waals surface area contributed by atoms with Gasteiger partial charge in [0, 0.05) is 12.7 Å². The molecule has 0 spiro atoms. The molecule has 1 saturated heterocycles. The summed E-state index contributed by atoms with van der Waals surface area (Å²) in [6.45, 7) is 2.77. The summed E-state index contributed by atoms with van der Waals surface area (Å²) in [7, 11) is 0. The van der Waals surface area contributed by atoms with Gasteiger partial charge in [-0.25, -0.2) is 17.6 Å². The minimum Gasteiger partial charge on any atom is -0.429 e. The molecule has 3 aromatic carbocycles. The fourth-order valence-electron chi connectivity index (χ4n) is 3.79. The summed E-state index contributed by atoms with van der Waals surface area (Å²) in [5, 5.41) is 0. The van der Waals surface area contributed by atoms with Crippen molar-refractivity contribution in [2.24, 2.45) is 5.92 Å². The SMILES string of the molecule is CC1CCC(c2ccc(-c3cc(F)c(C(F)(F)Oc4ccc(F)c(F)c4)c(F)c3)cc2)OC1. The topological polar surface area (TPSA) is 18.5 Å². The molecule has 4 rings (SSSR count). The summed E-state index contributed by atoms with van der Waals surface area (Å²) in [5.74, 6) is -6.07. The average Bonchev–Trinajstić information content (AvgIpc) is 2.76. The minimum absolute atomic E-state index is 0.0572. The van der Waals surface area contributed by atoms with Gasteiger partial charge in [0.2, 0.25) is 0 Å². The van der Waals surface area contributed by atoms with Crippen LogP contribution in [0, 0.1) is 29.2 Å². The molecule has 2 atom stereocenters. The van der Waals surface area contributed by atoms with Crippen LogP contribution in [-0.2, 0) is 10.8 Å². The summed E-state index contributed by atoms with van der Waals surface area (Å²) in [6, 6.07) is 10.0. The highest BCUT2D eigenvalue weighted by molar-refractivity contribution is 5.64. The Bertz CT molecular complexity index is 1120. The Labute approximate surface area is 186 Å². The van der Waals surface area contributed by atoms with Crippen LogP contribution in [0.2, 0.25) is 0 Å². The molecule has 2 unspecified atom stereocenters. The summed E-state index contributed by atoms with van der Waals surface area (Å²) < 4.78 is 94.5. The van der Waals surface area contributed by atoms with Crippen LogP contribution in [0.3, 0.4) is 0 Å². The average molecular weight is 466 g/mol. The molecule has 0 saturated carbocycles. The third-order valence-electron chi connectivity index (χ3n) is 5.59. The fraction of sp³-hybridized carbons (Fsp3) is 0.280. The van der Waals surface area contributed by atoms with Crippen molar-refractivity contribution in [2.75, 3.05) is 6.61 Å². The van der Waals surface area contributed by atoms with E-state index in [0.717, 1.165) is 36.6 Å². The summed E-state index contributed by atoms with van der Waals surface area (Å²) in [4.78, 5) is 0. The third kappa shape index (κ3) is 5.00. The Morgan fingerprint density at radius 1 is 0.788 bits per heavy atom. The van der Waals surface area contributed by atoms with Gasteiger partial charge in [-0.2, -0.15) is 8.78 Å². The van der Waals surface area contributed by atoms with E-state index in [2.05, 4.69) is 11.7 Å². The molecule has 0 radical (unpaired) electrons. The molecule has 2 nitrogen and oxygen atoms in total. The number of alkyl halides is 2. The largest absolute Gasteiger partial charge is 0.432 e. The number of hydrogen-bond donors (Lipinski definition) is 0. The minimum atomic E-state index is -4.46. The smallest absolute Gasteiger partial charge is 0.429 e. The maximum Gasteiger partial charge on any atom is 0.432 e. The maximum atomic E-state index is 14.6. The predicted molar refractivity (Wildman–Crippen MR) is 110 cm³/mol. The second-order valence-corrected chi connectivity index (χ2v) is 8.14. The molecule has 0 aromatic heterocycles. The van der Waals surface area contributed by atoms with Gasteiger partial charge < -0.3 is 9.47 Å². The van der Waals surface area contributed by atoms with Crippen LogP contribution in [0.15, 0.2) is 54.6 Å². The Kier molecular flexibility index (Phi) is 6.38. The van der Waals surface area contributed by atoms with Crippen LogP contribution in [0.4, 0.5) is 26.3 Å². The lowest BCUT2D eigenvalue weighted by atomic mass is 9.94. The van der Waals surface area contributed by atoms with Gasteiger partial charge in [0.15, 0.2) is 11.6 Å². The Morgan fingerprint density at radius 3 is 2.03 bits per heavy atom. The molecular weight excluding hydrogens is 446 g/mol. The second-order valence-electron chi connectivity index (χ2n) is 8.14. The second kappa shape index (κ2) is 9.09. The van der Waals surface area contributed by atoms with Gasteiger partial charge in [0.05, 0.1) is 6.10 Å². The first-order valence-electron chi connectivity index (χ1n) is 10.4. The lowest BCUT2D eigenvalue weighted by molar-refractivity contribution is -0.189. The van der Waals surface area contributed by atoms with Gasteiger partial charge in [0.1, 0.15) is 22.9 Å². The van der Waals surface area contributed by atoms with Gasteiger partial charge in [-0.15, -0.1) is 0 Å². The van der Waals surface area contributed by atoms with E-state index in [1.807, 2.05) is 0 Å². The Balaban J connectivity index is 1.57. The first kappa shape index (κ1) is 23.2. The van der Waals surface area contributed by atoms with Crippen molar-refractivity contribution in [2.45, 2.75) is 32.0 Å². The van der Waals surface area contributed by atoms with Crippen molar-refractivity contribution in [3.05, 3.63) is 89.0 Å². The third-order valence-corrected chi connectivity index (χ3v) is 5.59. The van der Waals surface area contributed by atoms with Crippen molar-refractivity contribution in [3.63, 3.8) is 0 Å². The molecule has 1 aliphatic rings. The van der Waals surface area contributed by atoms with E-state index in [1.54, 1.807) is 24.3 Å². The van der Waals surface area contributed by atoms with Gasteiger partial charge in [-0.3, -0.25) is 0 Å². The summed E-state index contributed by atoms with van der Waals surface area (Å²) in [6.07, 6.45) is -2.62. The molecule has 1 fully saturated rings.